The van der Waals surface area contributed by atoms with E-state index in [1.54, 1.807) is 0 Å². The summed E-state index contributed by atoms with van der Waals surface area (Å²) in [5.41, 5.74) is 20.9. The highest BCUT2D eigenvalue weighted by atomic mass is 16.3. The first-order valence-electron chi connectivity index (χ1n) is 61.2. The molecule has 0 saturated carbocycles. The molecule has 1 aliphatic rings. The Morgan fingerprint density at radius 2 is 0.426 bits per heavy atom. The van der Waals surface area contributed by atoms with E-state index in [2.05, 4.69) is 98.8 Å². The molecule has 0 N–H and O–H groups in total. The Morgan fingerprint density at radius 1 is 0.155 bits per heavy atom. The average molecular weight is 1910 g/mol. The molecule has 3 aromatic heterocycles. The Hall–Kier alpha value is -19.1. The lowest BCUT2D eigenvalue weighted by Crippen LogP contribution is -2.14. The maximum Gasteiger partial charge on any atom is 0.136 e. The van der Waals surface area contributed by atoms with Gasteiger partial charge in [0.25, 0.3) is 0 Å². The molecule has 690 valence electrons. The first-order chi connectivity index (χ1) is 83.1. The van der Waals surface area contributed by atoms with Crippen LogP contribution in [-0.2, 0) is 5.41 Å². The monoisotopic (exact) mass is 1900 g/mol. The second-order valence-electron chi connectivity index (χ2n) is 38.3. The average Bonchev–Trinajstić information content (AvgIpc) is 1.16. The van der Waals surface area contributed by atoms with Crippen LogP contribution in [0.15, 0.2) is 534 Å². The molecular formula is C145H92O3. The van der Waals surface area contributed by atoms with Crippen LogP contribution in [-0.4, -0.2) is 0 Å². The highest BCUT2D eigenvalue weighted by Gasteiger charge is 2.38. The Balaban J connectivity index is 0.000000116. The highest BCUT2D eigenvalue weighted by Crippen LogP contribution is 2.57. The third-order valence-electron chi connectivity index (χ3n) is 29.9. The van der Waals surface area contributed by atoms with Crippen LogP contribution in [0.1, 0.15) is 57.9 Å². The van der Waals surface area contributed by atoms with Gasteiger partial charge >= 0.3 is 0 Å². The van der Waals surface area contributed by atoms with Gasteiger partial charge in [-0.05, 0) is 302 Å². The van der Waals surface area contributed by atoms with Gasteiger partial charge in [0, 0.05) is 37.7 Å². The predicted molar refractivity (Wildman–Crippen MR) is 628 cm³/mol. The lowest BCUT2D eigenvalue weighted by molar-refractivity contribution is 0.660. The van der Waals surface area contributed by atoms with Crippen molar-refractivity contribution >= 4 is 174 Å². The van der Waals surface area contributed by atoms with Crippen molar-refractivity contribution in [2.75, 3.05) is 0 Å². The van der Waals surface area contributed by atoms with Crippen LogP contribution in [0.25, 0.3) is 296 Å². The predicted octanol–water partition coefficient (Wildman–Crippen LogP) is 41.3. The van der Waals surface area contributed by atoms with Crippen molar-refractivity contribution in [1.82, 2.24) is 0 Å². The molecule has 3 nitrogen and oxygen atoms in total. The van der Waals surface area contributed by atoms with Gasteiger partial charge < -0.3 is 13.3 Å². The largest absolute Gasteiger partial charge is 0.456 e. The molecule has 27 aromatic carbocycles. The quantitative estimate of drug-likeness (QED) is 0.128. The summed E-state index contributed by atoms with van der Waals surface area (Å²) in [6.45, 7) is 4.31. The van der Waals surface area contributed by atoms with Crippen LogP contribution < -0.4 is 0 Å². The van der Waals surface area contributed by atoms with Crippen LogP contribution in [0.5, 0.6) is 0 Å². The molecule has 0 amide bonds. The summed E-state index contributed by atoms with van der Waals surface area (Å²) in [4.78, 5) is 0. The van der Waals surface area contributed by atoms with Crippen LogP contribution in [0.3, 0.4) is 0 Å². The van der Waals surface area contributed by atoms with E-state index in [-0.39, 0.29) is 137 Å². The Kier molecular flexibility index (Phi) is 15.1. The molecule has 0 atom stereocenters. The Morgan fingerprint density at radius 3 is 0.818 bits per heavy atom. The van der Waals surface area contributed by atoms with Gasteiger partial charge in [-0.3, -0.25) is 0 Å². The van der Waals surface area contributed by atoms with Crippen molar-refractivity contribution in [1.29, 1.82) is 0 Å². The lowest BCUT2D eigenvalue weighted by Gasteiger charge is -2.22. The Bertz CT molecular complexity index is 12100. The van der Waals surface area contributed by atoms with Crippen molar-refractivity contribution in [2.24, 2.45) is 0 Å². The topological polar surface area (TPSA) is 39.4 Å². The van der Waals surface area contributed by atoms with E-state index >= 15 is 0 Å². The fraction of sp³-hybridized carbons (Fsp3) is 0.0207. The SMILES string of the molecule is [2H]c1c([2H])c([2H])c2c(-c3ccc4ccccc4c3)c3c([2H])c([2H])c([2H])c([2H])c3c(-c3ccc(-c4ccc5oc6ccc7ccccc7c6c5c4)cc3)c2c1[2H].[2H]c1c([2H])c([2H])c2c(-c3cccc4c3-c3ccccc3C4(C)C)c3c([2H])c([2H])c([2H])c([2H])c3c(-c3ccc(-c4ccc5oc6ccc7ccccc7c6c5c4)cc3)c2c1[2H].[2H]c1c([2H])c([2H])c2c(-c3ccccc3-c3ccccc3)c3c([2H])c([2H])c([2H])c([2H])c3c(-c3ccc(-c4ccc5oc6ccc7ccccc7c6c5c4)cc3)c2c1[2H]. The molecule has 0 saturated heterocycles. The smallest absolute Gasteiger partial charge is 0.136 e. The summed E-state index contributed by atoms with van der Waals surface area (Å²) < 4.78 is 237. The molecule has 0 bridgehead atoms. The molecule has 0 aliphatic heterocycles. The molecule has 1 aliphatic carbocycles. The number of hydrogen-bond donors (Lipinski definition) is 0. The Labute approximate surface area is 888 Å². The molecule has 0 fully saturated rings. The highest BCUT2D eigenvalue weighted by molar-refractivity contribution is 6.28. The molecule has 0 radical (unpaired) electrons. The van der Waals surface area contributed by atoms with E-state index in [1.165, 1.54) is 0 Å². The van der Waals surface area contributed by atoms with Crippen molar-refractivity contribution < 1.29 is 46.1 Å². The molecule has 30 aromatic rings. The van der Waals surface area contributed by atoms with Gasteiger partial charge in [-0.1, -0.05) is 474 Å². The summed E-state index contributed by atoms with van der Waals surface area (Å²) >= 11 is 0. The number of hydrogen-bond acceptors (Lipinski definition) is 3. The zero-order valence-electron chi connectivity index (χ0n) is 104. The fourth-order valence-electron chi connectivity index (χ4n) is 23.1. The molecule has 3 heterocycles. The number of benzene rings is 27. The van der Waals surface area contributed by atoms with Crippen molar-refractivity contribution in [3.8, 4) is 122 Å². The van der Waals surface area contributed by atoms with E-state index in [1.807, 2.05) is 291 Å². The van der Waals surface area contributed by atoms with Crippen molar-refractivity contribution in [3.05, 3.63) is 532 Å². The second kappa shape index (κ2) is 34.6. The van der Waals surface area contributed by atoms with Crippen molar-refractivity contribution in [2.45, 2.75) is 19.3 Å². The first-order valence-corrected chi connectivity index (χ1v) is 49.2. The van der Waals surface area contributed by atoms with Gasteiger partial charge in [0.15, 0.2) is 0 Å². The minimum absolute atomic E-state index is 0.183. The van der Waals surface area contributed by atoms with E-state index in [0.717, 1.165) is 176 Å². The number of rotatable bonds is 10. The third kappa shape index (κ3) is 13.9. The van der Waals surface area contributed by atoms with E-state index in [0.29, 0.717) is 66.8 Å². The molecular weight excluding hydrogens is 1790 g/mol. The minimum Gasteiger partial charge on any atom is -0.456 e. The van der Waals surface area contributed by atoms with Gasteiger partial charge in [-0.2, -0.15) is 0 Å². The maximum atomic E-state index is 9.51. The zero-order chi connectivity index (χ0) is 119. The molecule has 148 heavy (non-hydrogen) atoms. The minimum atomic E-state index is -0.430. The second-order valence-corrected chi connectivity index (χ2v) is 38.3. The zero-order valence-corrected chi connectivity index (χ0v) is 79.5. The van der Waals surface area contributed by atoms with Gasteiger partial charge in [-0.15, -0.1) is 0 Å². The normalized spacial score (nSPS) is 14.6. The van der Waals surface area contributed by atoms with Crippen molar-refractivity contribution in [3.63, 3.8) is 0 Å². The van der Waals surface area contributed by atoms with Crippen LogP contribution in [0, 0.1) is 0 Å². The molecule has 0 spiro atoms. The molecule has 0 unspecified atom stereocenters. The van der Waals surface area contributed by atoms with Gasteiger partial charge in [-0.25, -0.2) is 0 Å². The standard InChI is InChI=1S/C51H34O.C48H30O.C46H28O/c1-51(2)43-20-10-9-18-40(43)49-41(19-11-21-44(49)51)48-38-16-7-5-14-36(38)47(37-15-6-8-17-39(37)48)33-24-22-31(23-25-33)34-27-28-45-42(30-34)50-35-13-4-3-12-32(35)26-29-46(50)52-45;1-2-12-32(13-3-1)36-15-6-7-17-38(36)47-41-20-10-8-18-39(41)46(40-19-9-11-21-42(40)47)34-24-22-31(23-25-34)35-27-28-44-43(30-35)48-37-16-5-4-14-33(37)26-29-45(48)49-44;1-2-11-33-27-35(22-19-29(33)9-1)45-39-15-7-5-13-37(39)44(38-14-6-8-16-40(38)45)32-20-17-30(18-21-32)34-24-25-42-41(28-34)46-36-12-4-3-10-31(36)23-26-43(46)47-42/h3-30H,1-2H3;1-30H;1-28H/i5D,6D,7D,8D,14D,15D,16D,17D;8D,9D,10D,11D,18D,19D,20D,21D;5D,6D,7D,8D,13D,14D,15D,16D. The van der Waals surface area contributed by atoms with E-state index in [9.17, 15) is 16.4 Å². The first kappa shape index (κ1) is 64.5. The van der Waals surface area contributed by atoms with Crippen LogP contribution in [0.4, 0.5) is 0 Å². The van der Waals surface area contributed by atoms with E-state index in [4.69, 9.17) is 29.7 Å². The van der Waals surface area contributed by atoms with Crippen LogP contribution in [0.2, 0.25) is 0 Å². The van der Waals surface area contributed by atoms with Gasteiger partial charge in [0.05, 0.1) is 32.9 Å². The van der Waals surface area contributed by atoms with Crippen LogP contribution >= 0.6 is 0 Å². The summed E-state index contributed by atoms with van der Waals surface area (Å²) in [6.07, 6.45) is 0. The van der Waals surface area contributed by atoms with Gasteiger partial charge in [0.1, 0.15) is 33.5 Å². The maximum absolute atomic E-state index is 9.51. The summed E-state index contributed by atoms with van der Waals surface area (Å²) in [7, 11) is 0. The number of fused-ring (bicyclic) bond motifs is 25. The fourth-order valence-corrected chi connectivity index (χ4v) is 23.1. The molecule has 3 heteroatoms. The summed E-state index contributed by atoms with van der Waals surface area (Å²) in [5, 5.41) is 16.9. The van der Waals surface area contributed by atoms with E-state index < -0.39 is 77.9 Å². The lowest BCUT2D eigenvalue weighted by atomic mass is 9.80. The molecule has 31 rings (SSSR count). The summed E-state index contributed by atoms with van der Waals surface area (Å²) in [6, 6.07) is 114. The summed E-state index contributed by atoms with van der Waals surface area (Å²) in [5.74, 6) is 0. The van der Waals surface area contributed by atoms with Gasteiger partial charge in [0.2, 0.25) is 0 Å². The third-order valence-corrected chi connectivity index (χ3v) is 29.9. The number of furan rings is 3.